The molecule has 0 radical (unpaired) electrons. The number of rotatable bonds is 12. The van der Waals surface area contributed by atoms with Gasteiger partial charge >= 0.3 is 5.97 Å². The zero-order chi connectivity index (χ0) is 17.6. The van der Waals surface area contributed by atoms with Gasteiger partial charge in [-0.15, -0.1) is 0 Å². The van der Waals surface area contributed by atoms with Gasteiger partial charge in [-0.1, -0.05) is 64.9 Å². The van der Waals surface area contributed by atoms with Crippen LogP contribution in [0.15, 0.2) is 11.6 Å². The molecule has 0 heterocycles. The highest BCUT2D eigenvalue weighted by Gasteiger charge is 2.74. The minimum atomic E-state index is -0.430. The minimum absolute atomic E-state index is 0.117. The molecule has 0 saturated heterocycles. The summed E-state index contributed by atoms with van der Waals surface area (Å²) in [6.07, 6.45) is 13.2. The Bertz CT molecular complexity index is 479. The van der Waals surface area contributed by atoms with Crippen LogP contribution in [0.1, 0.15) is 85.0 Å². The molecular formula is C21H34O3. The van der Waals surface area contributed by atoms with E-state index in [1.165, 1.54) is 32.1 Å². The predicted molar refractivity (Wildman–Crippen MR) is 96.7 cm³/mol. The van der Waals surface area contributed by atoms with Crippen molar-refractivity contribution < 1.29 is 14.3 Å². The van der Waals surface area contributed by atoms with Crippen molar-refractivity contribution in [1.82, 2.24) is 0 Å². The molecule has 0 amide bonds. The second kappa shape index (κ2) is 8.82. The summed E-state index contributed by atoms with van der Waals surface area (Å²) in [5.41, 5.74) is 0.562. The lowest BCUT2D eigenvalue weighted by Gasteiger charge is -2.16. The van der Waals surface area contributed by atoms with Gasteiger partial charge in [-0.3, -0.25) is 9.59 Å². The smallest absolute Gasteiger partial charge is 0.310 e. The zero-order valence-corrected chi connectivity index (χ0v) is 15.7. The molecule has 0 bridgehead atoms. The number of hydrogen-bond donors (Lipinski definition) is 0. The van der Waals surface area contributed by atoms with Crippen LogP contribution in [0.2, 0.25) is 0 Å². The summed E-state index contributed by atoms with van der Waals surface area (Å²) in [6.45, 7) is 6.62. The van der Waals surface area contributed by atoms with E-state index in [-0.39, 0.29) is 23.6 Å². The van der Waals surface area contributed by atoms with Gasteiger partial charge in [0.05, 0.1) is 17.9 Å². The Hall–Kier alpha value is -1.12. The number of hydrogen-bond acceptors (Lipinski definition) is 3. The van der Waals surface area contributed by atoms with Crippen LogP contribution in [0, 0.1) is 17.3 Å². The molecule has 0 aromatic heterocycles. The highest BCUT2D eigenvalue weighted by atomic mass is 16.5. The van der Waals surface area contributed by atoms with Crippen LogP contribution in [0.5, 0.6) is 0 Å². The summed E-state index contributed by atoms with van der Waals surface area (Å²) < 4.78 is 5.23. The van der Waals surface area contributed by atoms with Crippen molar-refractivity contribution >= 4 is 11.8 Å². The van der Waals surface area contributed by atoms with Crippen molar-refractivity contribution in [3.8, 4) is 0 Å². The van der Waals surface area contributed by atoms with E-state index in [1.807, 2.05) is 6.92 Å². The van der Waals surface area contributed by atoms with Gasteiger partial charge in [-0.2, -0.15) is 0 Å². The molecule has 24 heavy (non-hydrogen) atoms. The van der Waals surface area contributed by atoms with Crippen LogP contribution in [-0.4, -0.2) is 18.4 Å². The predicted octanol–water partition coefficient (Wildman–Crippen LogP) is 5.23. The molecule has 3 heteroatoms. The topological polar surface area (TPSA) is 43.4 Å². The van der Waals surface area contributed by atoms with E-state index >= 15 is 0 Å². The molecular weight excluding hydrogens is 300 g/mol. The Morgan fingerprint density at radius 1 is 1.04 bits per heavy atom. The number of fused-ring (bicyclic) bond motifs is 1. The maximum Gasteiger partial charge on any atom is 0.310 e. The average molecular weight is 335 g/mol. The van der Waals surface area contributed by atoms with Gasteiger partial charge in [0.25, 0.3) is 0 Å². The molecule has 1 fully saturated rings. The second-order valence-electron chi connectivity index (χ2n) is 7.44. The SMILES string of the molecule is CCCCCCC1=C[C@H]2[C@H](C(=O)OCC)[C@@]2(CCCCCC)C1=O. The van der Waals surface area contributed by atoms with Crippen LogP contribution < -0.4 is 0 Å². The third kappa shape index (κ3) is 3.75. The molecule has 1 saturated carbocycles. The number of esters is 1. The maximum absolute atomic E-state index is 13.0. The maximum atomic E-state index is 13.0. The van der Waals surface area contributed by atoms with Gasteiger partial charge in [-0.25, -0.2) is 0 Å². The molecule has 0 aromatic rings. The van der Waals surface area contributed by atoms with E-state index in [2.05, 4.69) is 19.9 Å². The standard InChI is InChI=1S/C21H34O3/c1-4-7-9-11-13-16-15-17-18(20(23)24-6-3)21(17,19(16)22)14-12-10-8-5-2/h15,17-18H,4-14H2,1-3H3/t17-,18+,21-/m0/s1. The quantitative estimate of drug-likeness (QED) is 0.362. The fourth-order valence-electron chi connectivity index (χ4n) is 4.41. The lowest BCUT2D eigenvalue weighted by atomic mass is 9.87. The Kier molecular flexibility index (Phi) is 7.06. The van der Waals surface area contributed by atoms with E-state index in [4.69, 9.17) is 4.74 Å². The molecule has 2 rings (SSSR count). The highest BCUT2D eigenvalue weighted by Crippen LogP contribution is 2.68. The molecule has 136 valence electrons. The minimum Gasteiger partial charge on any atom is -0.466 e. The Balaban J connectivity index is 1.99. The van der Waals surface area contributed by atoms with Gasteiger partial charge in [-0.05, 0) is 31.8 Å². The van der Waals surface area contributed by atoms with Gasteiger partial charge in [0.2, 0.25) is 0 Å². The van der Waals surface area contributed by atoms with Gasteiger partial charge in [0.1, 0.15) is 0 Å². The van der Waals surface area contributed by atoms with Crippen LogP contribution in [-0.2, 0) is 14.3 Å². The van der Waals surface area contributed by atoms with Crippen LogP contribution in [0.4, 0.5) is 0 Å². The van der Waals surface area contributed by atoms with E-state index in [0.29, 0.717) is 6.61 Å². The van der Waals surface area contributed by atoms with Crippen LogP contribution >= 0.6 is 0 Å². The molecule has 3 nitrogen and oxygen atoms in total. The van der Waals surface area contributed by atoms with Crippen molar-refractivity contribution in [2.24, 2.45) is 17.3 Å². The molecule has 2 aliphatic carbocycles. The summed E-state index contributed by atoms with van der Waals surface area (Å²) in [4.78, 5) is 25.3. The summed E-state index contributed by atoms with van der Waals surface area (Å²) in [5, 5.41) is 0. The third-order valence-corrected chi connectivity index (χ3v) is 5.78. The lowest BCUT2D eigenvalue weighted by molar-refractivity contribution is -0.147. The fraction of sp³-hybridized carbons (Fsp3) is 0.810. The third-order valence-electron chi connectivity index (χ3n) is 5.78. The first-order valence-corrected chi connectivity index (χ1v) is 10.1. The first kappa shape index (κ1) is 19.2. The van der Waals surface area contributed by atoms with Crippen molar-refractivity contribution in [2.45, 2.75) is 85.0 Å². The summed E-state index contributed by atoms with van der Waals surface area (Å²) in [6, 6.07) is 0. The molecule has 0 aliphatic heterocycles. The monoisotopic (exact) mass is 334 g/mol. The van der Waals surface area contributed by atoms with Crippen molar-refractivity contribution in [3.63, 3.8) is 0 Å². The lowest BCUT2D eigenvalue weighted by Crippen LogP contribution is -2.23. The van der Waals surface area contributed by atoms with E-state index in [1.54, 1.807) is 0 Å². The summed E-state index contributed by atoms with van der Waals surface area (Å²) >= 11 is 0. The molecule has 0 aromatic carbocycles. The highest BCUT2D eigenvalue weighted by molar-refractivity contribution is 6.09. The Morgan fingerprint density at radius 2 is 1.71 bits per heavy atom. The van der Waals surface area contributed by atoms with Crippen molar-refractivity contribution in [1.29, 1.82) is 0 Å². The van der Waals surface area contributed by atoms with Crippen LogP contribution in [0.25, 0.3) is 0 Å². The number of carbonyl (C=O) groups excluding carboxylic acids is 2. The van der Waals surface area contributed by atoms with Crippen LogP contribution in [0.3, 0.4) is 0 Å². The van der Waals surface area contributed by atoms with E-state index in [9.17, 15) is 9.59 Å². The largest absolute Gasteiger partial charge is 0.466 e. The normalized spacial score (nSPS) is 27.8. The first-order chi connectivity index (χ1) is 11.6. The van der Waals surface area contributed by atoms with Gasteiger partial charge < -0.3 is 4.74 Å². The summed E-state index contributed by atoms with van der Waals surface area (Å²) in [5.74, 6) is 0.0176. The number of ether oxygens (including phenoxy) is 1. The average Bonchev–Trinajstić information content (AvgIpc) is 3.13. The van der Waals surface area contributed by atoms with Gasteiger partial charge in [0.15, 0.2) is 5.78 Å². The second-order valence-corrected chi connectivity index (χ2v) is 7.44. The Morgan fingerprint density at radius 3 is 2.33 bits per heavy atom. The first-order valence-electron chi connectivity index (χ1n) is 10.1. The number of Topliss-reactive ketones (excluding diaryl/α,β-unsaturated/α-hetero) is 1. The number of unbranched alkanes of at least 4 members (excludes halogenated alkanes) is 6. The number of carbonyl (C=O) groups is 2. The zero-order valence-electron chi connectivity index (χ0n) is 15.7. The Labute approximate surface area is 147 Å². The van der Waals surface area contributed by atoms with Crippen molar-refractivity contribution in [3.05, 3.63) is 11.6 Å². The van der Waals surface area contributed by atoms with Gasteiger partial charge in [0, 0.05) is 5.92 Å². The van der Waals surface area contributed by atoms with E-state index < -0.39 is 5.41 Å². The number of allylic oxidation sites excluding steroid dienone is 2. The summed E-state index contributed by atoms with van der Waals surface area (Å²) in [7, 11) is 0. The number of ketones is 1. The fourth-order valence-corrected chi connectivity index (χ4v) is 4.41. The molecule has 3 atom stereocenters. The van der Waals surface area contributed by atoms with Crippen molar-refractivity contribution in [2.75, 3.05) is 6.61 Å². The molecule has 0 N–H and O–H groups in total. The van der Waals surface area contributed by atoms with E-state index in [0.717, 1.165) is 37.7 Å². The molecule has 2 aliphatic rings. The molecule has 0 unspecified atom stereocenters. The molecule has 0 spiro atoms.